The van der Waals surface area contributed by atoms with E-state index in [1.807, 2.05) is 0 Å². The number of sulfone groups is 1. The molecule has 0 atom stereocenters. The maximum Gasteiger partial charge on any atom is 0.295 e. The maximum atomic E-state index is 12.3. The average Bonchev–Trinajstić information content (AvgIpc) is 2.90. The highest BCUT2D eigenvalue weighted by molar-refractivity contribution is 7.90. The minimum atomic E-state index is -4.79. The second-order valence-electron chi connectivity index (χ2n) is 9.21. The maximum absolute atomic E-state index is 12.3. The van der Waals surface area contributed by atoms with Crippen LogP contribution in [0.2, 0.25) is 0 Å². The van der Waals surface area contributed by atoms with E-state index in [1.165, 1.54) is 30.3 Å². The quantitative estimate of drug-likeness (QED) is 0.127. The molecule has 216 valence electrons. The van der Waals surface area contributed by atoms with Gasteiger partial charge >= 0.3 is 0 Å². The van der Waals surface area contributed by atoms with Crippen molar-refractivity contribution in [2.75, 3.05) is 11.6 Å². The number of phenols is 1. The molecule has 0 saturated carbocycles. The molecule has 5 aromatic carbocycles. The first kappa shape index (κ1) is 29.1. The predicted octanol–water partition coefficient (Wildman–Crippen LogP) is 5.75. The molecule has 0 fully saturated rings. The van der Waals surface area contributed by atoms with E-state index < -0.39 is 45.6 Å². The molecule has 5 rings (SSSR count). The van der Waals surface area contributed by atoms with Crippen LogP contribution in [0.5, 0.6) is 5.75 Å². The average molecular weight is 628 g/mol. The van der Waals surface area contributed by atoms with E-state index in [0.717, 1.165) is 30.5 Å². The van der Waals surface area contributed by atoms with Crippen molar-refractivity contribution >= 4 is 74.4 Å². The van der Waals surface area contributed by atoms with E-state index in [0.29, 0.717) is 11.4 Å². The first-order chi connectivity index (χ1) is 19.6. The molecule has 0 aliphatic heterocycles. The van der Waals surface area contributed by atoms with E-state index >= 15 is 0 Å². The van der Waals surface area contributed by atoms with Gasteiger partial charge in [-0.1, -0.05) is 30.3 Å². The molecule has 0 aliphatic carbocycles. The van der Waals surface area contributed by atoms with Crippen LogP contribution in [-0.4, -0.2) is 45.7 Å². The number of phenolic OH excluding ortho intramolecular Hbond substituents is 1. The Balaban J connectivity index is 1.74. The molecule has 4 N–H and O–H groups in total. The Morgan fingerprint density at radius 1 is 0.667 bits per heavy atom. The standard InChI is InChI=1S/C27H21N3O9S3/c1-40(32,33)18-12-16-13-19(41(34,35)36)14-23(26(16)24(31)15-18)30-29-21-10-11-22(28-17-6-3-2-4-7-17)27-20(21)8-5-9-25(27)42(37,38)39/h2-15,28,31H,1H3,(H,34,35,36)(H,37,38,39)/b30-29-. The first-order valence-corrected chi connectivity index (χ1v) is 16.7. The van der Waals surface area contributed by atoms with Gasteiger partial charge in [-0.3, -0.25) is 9.11 Å². The van der Waals surface area contributed by atoms with Crippen molar-refractivity contribution in [1.82, 2.24) is 0 Å². The van der Waals surface area contributed by atoms with Crippen molar-refractivity contribution in [1.29, 1.82) is 0 Å². The first-order valence-electron chi connectivity index (χ1n) is 11.9. The zero-order valence-corrected chi connectivity index (χ0v) is 23.9. The van der Waals surface area contributed by atoms with Gasteiger partial charge in [-0.05, 0) is 60.0 Å². The predicted molar refractivity (Wildman–Crippen MR) is 156 cm³/mol. The lowest BCUT2D eigenvalue weighted by molar-refractivity contribution is 0.478. The minimum Gasteiger partial charge on any atom is -0.507 e. The number of hydrogen-bond acceptors (Lipinski definition) is 10. The molecule has 0 spiro atoms. The van der Waals surface area contributed by atoms with Gasteiger partial charge in [0.25, 0.3) is 20.2 Å². The van der Waals surface area contributed by atoms with Crippen LogP contribution < -0.4 is 5.32 Å². The molecule has 5 aromatic rings. The van der Waals surface area contributed by atoms with Crippen LogP contribution in [-0.2, 0) is 30.1 Å². The minimum absolute atomic E-state index is 0.0520. The normalized spacial score (nSPS) is 12.7. The van der Waals surface area contributed by atoms with Crippen molar-refractivity contribution in [3.05, 3.63) is 84.9 Å². The van der Waals surface area contributed by atoms with Crippen molar-refractivity contribution in [2.24, 2.45) is 10.2 Å². The molecule has 15 heteroatoms. The van der Waals surface area contributed by atoms with Gasteiger partial charge in [-0.25, -0.2) is 8.42 Å². The van der Waals surface area contributed by atoms with E-state index in [9.17, 15) is 39.5 Å². The number of aromatic hydroxyl groups is 1. The Labute approximate surface area is 240 Å². The van der Waals surface area contributed by atoms with Gasteiger partial charge < -0.3 is 10.4 Å². The summed E-state index contributed by atoms with van der Waals surface area (Å²) in [6.07, 6.45) is 0.906. The van der Waals surface area contributed by atoms with Crippen LogP contribution >= 0.6 is 0 Å². The highest BCUT2D eigenvalue weighted by atomic mass is 32.2. The van der Waals surface area contributed by atoms with E-state index in [1.54, 1.807) is 30.3 Å². The second kappa shape index (κ2) is 10.5. The van der Waals surface area contributed by atoms with Gasteiger partial charge in [0, 0.05) is 28.4 Å². The summed E-state index contributed by atoms with van der Waals surface area (Å²) in [7, 11) is -13.3. The summed E-state index contributed by atoms with van der Waals surface area (Å²) in [5, 5.41) is 22.3. The fourth-order valence-electron chi connectivity index (χ4n) is 4.41. The SMILES string of the molecule is CS(=O)(=O)c1cc(O)c2c(/N=N\c3ccc(Nc4ccccc4)c4c(S(=O)(=O)O)cccc34)cc(S(=O)(=O)O)cc2c1. The van der Waals surface area contributed by atoms with Crippen molar-refractivity contribution in [2.45, 2.75) is 14.7 Å². The summed E-state index contributed by atoms with van der Waals surface area (Å²) in [5.41, 5.74) is 0.832. The van der Waals surface area contributed by atoms with Gasteiger partial charge in [-0.15, -0.1) is 10.2 Å². The Morgan fingerprint density at radius 3 is 1.98 bits per heavy atom. The molecule has 0 radical (unpaired) electrons. The topological polar surface area (TPSA) is 200 Å². The summed E-state index contributed by atoms with van der Waals surface area (Å²) in [6.45, 7) is 0. The number of fused-ring (bicyclic) bond motifs is 2. The van der Waals surface area contributed by atoms with Crippen molar-refractivity contribution in [3.8, 4) is 5.75 Å². The fourth-order valence-corrected chi connectivity index (χ4v) is 6.34. The summed E-state index contributed by atoms with van der Waals surface area (Å²) in [5.74, 6) is -0.537. The third-order valence-corrected chi connectivity index (χ3v) is 9.08. The molecule has 42 heavy (non-hydrogen) atoms. The number of rotatable bonds is 7. The van der Waals surface area contributed by atoms with Crippen LogP contribution in [0.1, 0.15) is 0 Å². The monoisotopic (exact) mass is 627 g/mol. The third-order valence-electron chi connectivity index (χ3n) is 6.26. The lowest BCUT2D eigenvalue weighted by atomic mass is 10.1. The summed E-state index contributed by atoms with van der Waals surface area (Å²) in [4.78, 5) is -1.33. The zero-order chi connectivity index (χ0) is 30.4. The van der Waals surface area contributed by atoms with Crippen LogP contribution in [0.4, 0.5) is 22.7 Å². The van der Waals surface area contributed by atoms with Gasteiger partial charge in [-0.2, -0.15) is 16.8 Å². The molecule has 0 bridgehead atoms. The number of nitrogens with zero attached hydrogens (tertiary/aromatic N) is 2. The third kappa shape index (κ3) is 5.81. The Kier molecular flexibility index (Phi) is 7.24. The Bertz CT molecular complexity index is 2250. The molecule has 12 nitrogen and oxygen atoms in total. The summed E-state index contributed by atoms with van der Waals surface area (Å²) >= 11 is 0. The molecule has 0 heterocycles. The van der Waals surface area contributed by atoms with Crippen LogP contribution in [0.25, 0.3) is 21.5 Å². The molecular formula is C27H21N3O9S3. The highest BCUT2D eigenvalue weighted by Gasteiger charge is 2.21. The lowest BCUT2D eigenvalue weighted by Gasteiger charge is -2.14. The number of hydrogen-bond donors (Lipinski definition) is 4. The van der Waals surface area contributed by atoms with Crippen molar-refractivity contribution in [3.63, 3.8) is 0 Å². The molecular weight excluding hydrogens is 607 g/mol. The van der Waals surface area contributed by atoms with E-state index in [4.69, 9.17) is 0 Å². The van der Waals surface area contributed by atoms with E-state index in [2.05, 4.69) is 15.5 Å². The van der Waals surface area contributed by atoms with Gasteiger partial charge in [0.1, 0.15) is 10.6 Å². The largest absolute Gasteiger partial charge is 0.507 e. The molecule has 0 amide bonds. The van der Waals surface area contributed by atoms with Crippen LogP contribution in [0, 0.1) is 0 Å². The smallest absolute Gasteiger partial charge is 0.295 e. The summed E-state index contributed by atoms with van der Waals surface area (Å²) in [6, 6.07) is 20.0. The number of para-hydroxylation sites is 1. The molecule has 0 aromatic heterocycles. The zero-order valence-electron chi connectivity index (χ0n) is 21.5. The Hall–Kier alpha value is -4.41. The summed E-state index contributed by atoms with van der Waals surface area (Å²) < 4.78 is 92.3. The lowest BCUT2D eigenvalue weighted by Crippen LogP contribution is -2.01. The fraction of sp³-hybridized carbons (Fsp3) is 0.0370. The van der Waals surface area contributed by atoms with Crippen molar-refractivity contribution < 1.29 is 39.5 Å². The Morgan fingerprint density at radius 2 is 1.33 bits per heavy atom. The second-order valence-corrected chi connectivity index (χ2v) is 14.0. The van der Waals surface area contributed by atoms with Crippen LogP contribution in [0.15, 0.2) is 110 Å². The number of anilines is 2. The van der Waals surface area contributed by atoms with Gasteiger partial charge in [0.2, 0.25) is 0 Å². The number of azo groups is 1. The number of benzene rings is 5. The van der Waals surface area contributed by atoms with Gasteiger partial charge in [0.05, 0.1) is 26.6 Å². The highest BCUT2D eigenvalue weighted by Crippen LogP contribution is 2.41. The molecule has 0 aliphatic rings. The molecule has 0 unspecified atom stereocenters. The number of nitrogens with one attached hydrogen (secondary N) is 1. The van der Waals surface area contributed by atoms with Gasteiger partial charge in [0.15, 0.2) is 9.84 Å². The van der Waals surface area contributed by atoms with Crippen LogP contribution in [0.3, 0.4) is 0 Å². The van der Waals surface area contributed by atoms with E-state index in [-0.39, 0.29) is 37.8 Å². The molecule has 0 saturated heterocycles.